The number of hydrogen-bond donors (Lipinski definition) is 2. The normalized spacial score (nSPS) is 11.6. The average molecular weight is 492 g/mol. The largest absolute Gasteiger partial charge is 0.457 e. The fraction of sp³-hybridized carbons (Fsp3) is 0.100. The highest BCUT2D eigenvalue weighted by Gasteiger charge is 2.22. The molecule has 7 nitrogen and oxygen atoms in total. The summed E-state index contributed by atoms with van der Waals surface area (Å²) >= 11 is 0. The van der Waals surface area contributed by atoms with Crippen LogP contribution in [-0.4, -0.2) is 27.9 Å². The molecule has 5 rings (SSSR count). The van der Waals surface area contributed by atoms with E-state index in [1.807, 2.05) is 60.7 Å². The molecule has 1 unspecified atom stereocenters. The second kappa shape index (κ2) is 10.8. The predicted octanol–water partition coefficient (Wildman–Crippen LogP) is 6.60. The number of esters is 1. The van der Waals surface area contributed by atoms with Crippen LogP contribution in [0.5, 0.6) is 11.5 Å². The van der Waals surface area contributed by atoms with E-state index in [4.69, 9.17) is 9.47 Å². The van der Waals surface area contributed by atoms with Crippen LogP contribution in [0.15, 0.2) is 103 Å². The van der Waals surface area contributed by atoms with Gasteiger partial charge in [0.25, 0.3) is 5.91 Å². The van der Waals surface area contributed by atoms with Crippen molar-refractivity contribution < 1.29 is 19.1 Å². The first kappa shape index (κ1) is 23.8. The molecule has 0 bridgehead atoms. The van der Waals surface area contributed by atoms with Crippen LogP contribution < -0.4 is 10.1 Å². The lowest BCUT2D eigenvalue weighted by Gasteiger charge is -2.16. The Morgan fingerprint density at radius 1 is 0.865 bits per heavy atom. The molecule has 1 amide bonds. The maximum Gasteiger partial charge on any atom is 0.338 e. The van der Waals surface area contributed by atoms with Crippen LogP contribution >= 0.6 is 0 Å². The minimum Gasteiger partial charge on any atom is -0.457 e. The van der Waals surface area contributed by atoms with Crippen molar-refractivity contribution >= 4 is 28.6 Å². The van der Waals surface area contributed by atoms with Crippen molar-refractivity contribution in [2.45, 2.75) is 19.4 Å². The number of H-pyrrole nitrogens is 1. The minimum absolute atomic E-state index is 0.331. The van der Waals surface area contributed by atoms with Crippen molar-refractivity contribution in [2.75, 3.05) is 5.32 Å². The Hall–Kier alpha value is -4.91. The number of rotatable bonds is 8. The maximum absolute atomic E-state index is 12.9. The van der Waals surface area contributed by atoms with Crippen LogP contribution in [0.4, 0.5) is 5.69 Å². The summed E-state index contributed by atoms with van der Waals surface area (Å²) in [6.45, 7) is 1.79. The van der Waals surface area contributed by atoms with Gasteiger partial charge in [-0.15, -0.1) is 0 Å². The monoisotopic (exact) mass is 491 g/mol. The summed E-state index contributed by atoms with van der Waals surface area (Å²) in [5.74, 6) is 1.11. The fourth-order valence-corrected chi connectivity index (χ4v) is 3.84. The number of hydrogen-bond acceptors (Lipinski definition) is 5. The molecule has 1 heterocycles. The first-order chi connectivity index (χ1) is 18.1. The van der Waals surface area contributed by atoms with E-state index in [9.17, 15) is 9.59 Å². The van der Waals surface area contributed by atoms with Crippen molar-refractivity contribution in [3.63, 3.8) is 0 Å². The second-order valence-corrected chi connectivity index (χ2v) is 8.41. The third kappa shape index (κ3) is 5.67. The third-order valence-corrected chi connectivity index (χ3v) is 5.78. The van der Waals surface area contributed by atoms with Gasteiger partial charge < -0.3 is 19.8 Å². The molecule has 0 radical (unpaired) electrons. The quantitative estimate of drug-likeness (QED) is 0.239. The molecule has 0 saturated heterocycles. The SMILES string of the molecule is CCC(OC(=O)c1ccc2nc(-c3ccccc3)[nH]c2c1)C(=O)Nc1ccc(Oc2ccccc2)cc1. The van der Waals surface area contributed by atoms with E-state index in [2.05, 4.69) is 15.3 Å². The molecular formula is C30H25N3O4. The molecule has 4 aromatic carbocycles. The van der Waals surface area contributed by atoms with Gasteiger partial charge in [-0.2, -0.15) is 0 Å². The molecule has 1 aromatic heterocycles. The maximum atomic E-state index is 12.9. The van der Waals surface area contributed by atoms with Crippen molar-refractivity contribution in [3.05, 3.63) is 109 Å². The van der Waals surface area contributed by atoms with Gasteiger partial charge >= 0.3 is 5.97 Å². The Morgan fingerprint density at radius 3 is 2.24 bits per heavy atom. The van der Waals surface area contributed by atoms with Crippen LogP contribution in [0.2, 0.25) is 0 Å². The third-order valence-electron chi connectivity index (χ3n) is 5.78. The zero-order valence-corrected chi connectivity index (χ0v) is 20.2. The molecule has 0 aliphatic rings. The summed E-state index contributed by atoms with van der Waals surface area (Å²) in [4.78, 5) is 33.5. The van der Waals surface area contributed by atoms with Crippen LogP contribution in [-0.2, 0) is 9.53 Å². The smallest absolute Gasteiger partial charge is 0.338 e. The Bertz CT molecular complexity index is 1510. The summed E-state index contributed by atoms with van der Waals surface area (Å²) in [5.41, 5.74) is 3.31. The van der Waals surface area contributed by atoms with E-state index in [1.54, 1.807) is 49.4 Å². The molecule has 0 aliphatic carbocycles. The van der Waals surface area contributed by atoms with Crippen molar-refractivity contribution in [1.82, 2.24) is 9.97 Å². The number of fused-ring (bicyclic) bond motifs is 1. The Balaban J connectivity index is 1.23. The molecule has 184 valence electrons. The van der Waals surface area contributed by atoms with Gasteiger partial charge in [-0.1, -0.05) is 55.5 Å². The van der Waals surface area contributed by atoms with Crippen molar-refractivity contribution in [3.8, 4) is 22.9 Å². The number of benzene rings is 4. The van der Waals surface area contributed by atoms with Crippen LogP contribution in [0, 0.1) is 0 Å². The van der Waals surface area contributed by atoms with Gasteiger partial charge in [0.2, 0.25) is 0 Å². The van der Waals surface area contributed by atoms with Gasteiger partial charge in [-0.05, 0) is 61.0 Å². The lowest BCUT2D eigenvalue weighted by molar-refractivity contribution is -0.124. The van der Waals surface area contributed by atoms with Gasteiger partial charge in [0, 0.05) is 11.3 Å². The number of imidazole rings is 1. The van der Waals surface area contributed by atoms with E-state index < -0.39 is 18.0 Å². The number of aromatic nitrogens is 2. The zero-order valence-electron chi connectivity index (χ0n) is 20.2. The number of anilines is 1. The first-order valence-electron chi connectivity index (χ1n) is 12.0. The lowest BCUT2D eigenvalue weighted by atomic mass is 10.2. The average Bonchev–Trinajstić information content (AvgIpc) is 3.37. The van der Waals surface area contributed by atoms with E-state index in [0.717, 1.165) is 16.8 Å². The molecule has 7 heteroatoms. The number of nitrogens with zero attached hydrogens (tertiary/aromatic N) is 1. The topological polar surface area (TPSA) is 93.3 Å². The summed E-state index contributed by atoms with van der Waals surface area (Å²) in [6.07, 6.45) is -0.609. The summed E-state index contributed by atoms with van der Waals surface area (Å²) in [7, 11) is 0. The van der Waals surface area contributed by atoms with Gasteiger partial charge in [0.15, 0.2) is 6.10 Å². The number of nitrogens with one attached hydrogen (secondary N) is 2. The van der Waals surface area contributed by atoms with E-state index in [1.165, 1.54) is 0 Å². The van der Waals surface area contributed by atoms with Gasteiger partial charge in [-0.25, -0.2) is 9.78 Å². The molecule has 37 heavy (non-hydrogen) atoms. The van der Waals surface area contributed by atoms with Crippen LogP contribution in [0.25, 0.3) is 22.4 Å². The standard InChI is InChI=1S/C30H25N3O4/c1-2-27(29(34)31-22-14-16-24(17-15-22)36-23-11-7-4-8-12-23)37-30(35)21-13-18-25-26(19-21)33-28(32-25)20-9-5-3-6-10-20/h3-19,27H,2H2,1H3,(H,31,34)(H,32,33). The Labute approximate surface area is 214 Å². The number of amides is 1. The summed E-state index contributed by atoms with van der Waals surface area (Å²) < 4.78 is 11.3. The Kier molecular flexibility index (Phi) is 6.94. The van der Waals surface area contributed by atoms with Crippen LogP contribution in [0.1, 0.15) is 23.7 Å². The number of ether oxygens (including phenoxy) is 2. The van der Waals surface area contributed by atoms with E-state index >= 15 is 0 Å². The molecule has 0 saturated carbocycles. The van der Waals surface area contributed by atoms with Gasteiger partial charge in [0.05, 0.1) is 16.6 Å². The van der Waals surface area contributed by atoms with E-state index in [-0.39, 0.29) is 0 Å². The lowest BCUT2D eigenvalue weighted by Crippen LogP contribution is -2.32. The number of carbonyl (C=O) groups is 2. The number of aromatic amines is 1. The highest BCUT2D eigenvalue weighted by atomic mass is 16.5. The zero-order chi connectivity index (χ0) is 25.6. The second-order valence-electron chi connectivity index (χ2n) is 8.41. The molecule has 0 aliphatic heterocycles. The van der Waals surface area contributed by atoms with Crippen LogP contribution in [0.3, 0.4) is 0 Å². The predicted molar refractivity (Wildman–Crippen MR) is 143 cm³/mol. The van der Waals surface area contributed by atoms with Gasteiger partial charge in [0.1, 0.15) is 17.3 Å². The molecule has 2 N–H and O–H groups in total. The van der Waals surface area contributed by atoms with E-state index in [0.29, 0.717) is 34.8 Å². The molecular weight excluding hydrogens is 466 g/mol. The highest BCUT2D eigenvalue weighted by Crippen LogP contribution is 2.24. The molecule has 0 fully saturated rings. The number of carbonyl (C=O) groups excluding carboxylic acids is 2. The summed E-state index contributed by atoms with van der Waals surface area (Å²) in [6, 6.07) is 31.3. The van der Waals surface area contributed by atoms with Crippen molar-refractivity contribution in [1.29, 1.82) is 0 Å². The molecule has 0 spiro atoms. The minimum atomic E-state index is -0.940. The number of para-hydroxylation sites is 1. The fourth-order valence-electron chi connectivity index (χ4n) is 3.84. The summed E-state index contributed by atoms with van der Waals surface area (Å²) in [5, 5.41) is 2.80. The first-order valence-corrected chi connectivity index (χ1v) is 12.0. The van der Waals surface area contributed by atoms with Gasteiger partial charge in [-0.3, -0.25) is 4.79 Å². The molecule has 5 aromatic rings. The van der Waals surface area contributed by atoms with Crippen molar-refractivity contribution in [2.24, 2.45) is 0 Å². The highest BCUT2D eigenvalue weighted by molar-refractivity contribution is 5.99. The molecule has 1 atom stereocenters. The Morgan fingerprint density at radius 2 is 1.54 bits per heavy atom.